The molecule has 2 aliphatic rings. The summed E-state index contributed by atoms with van der Waals surface area (Å²) < 4.78 is 74.3. The van der Waals surface area contributed by atoms with E-state index >= 15 is 0 Å². The molecule has 5 nitrogen and oxygen atoms in total. The molecule has 0 saturated carbocycles. The number of nitrogens with zero attached hydrogens (tertiary/aromatic N) is 2. The van der Waals surface area contributed by atoms with Gasteiger partial charge in [-0.05, 0) is 32.0 Å². The fraction of sp³-hybridized carbons (Fsp3) is 0.500. The quantitative estimate of drug-likeness (QED) is 0.698. The predicted molar refractivity (Wildman–Crippen MR) is 102 cm³/mol. The number of likely N-dealkylation sites (tertiary alicyclic amines) is 1. The summed E-state index contributed by atoms with van der Waals surface area (Å²) in [6, 6.07) is 2.50. The minimum Gasteiger partial charge on any atom is -0.493 e. The van der Waals surface area contributed by atoms with E-state index in [1.807, 2.05) is 4.90 Å². The smallest absolute Gasteiger partial charge is 0.391 e. The third kappa shape index (κ3) is 4.41. The second-order valence-corrected chi connectivity index (χ2v) is 9.11. The molecular weight excluding hydrogens is 430 g/mol. The molecule has 0 aliphatic carbocycles. The maximum atomic E-state index is 14.7. The second-order valence-electron chi connectivity index (χ2n) is 7.03. The van der Waals surface area contributed by atoms with E-state index in [1.54, 1.807) is 11.6 Å². The van der Waals surface area contributed by atoms with Crippen molar-refractivity contribution in [1.82, 2.24) is 9.88 Å². The average molecular weight is 449 g/mol. The van der Waals surface area contributed by atoms with E-state index in [0.29, 0.717) is 42.6 Å². The Balaban J connectivity index is 1.52. The molecule has 158 valence electrons. The molecule has 1 aromatic carbocycles. The highest BCUT2D eigenvalue weighted by Gasteiger charge is 2.42. The van der Waals surface area contributed by atoms with Crippen molar-refractivity contribution in [2.75, 3.05) is 24.4 Å². The number of alkyl halides is 3. The first kappa shape index (κ1) is 20.5. The van der Waals surface area contributed by atoms with Crippen LogP contribution in [0.5, 0.6) is 5.75 Å². The van der Waals surface area contributed by atoms with E-state index in [0.717, 1.165) is 0 Å². The Hall–Kier alpha value is -1.72. The Bertz CT molecular complexity index is 884. The summed E-state index contributed by atoms with van der Waals surface area (Å²) in [5.41, 5.74) is 0.592. The standard InChI is InChI=1S/C18H19F4N3O2S2/c19-13-9-12-14(25-5-1-11(2-6-25)18(20,21)22)3-7-27-15(12)10-16(13)29(26)24-17-23-4-8-28-17/h4,8-11,14H,1-3,5-7H2,(H,23,24)/t14-,29?/m0/s1. The third-order valence-electron chi connectivity index (χ3n) is 5.32. The molecule has 1 unspecified atom stereocenters. The highest BCUT2D eigenvalue weighted by molar-refractivity contribution is 7.86. The zero-order valence-corrected chi connectivity index (χ0v) is 16.9. The number of hydrogen-bond donors (Lipinski definition) is 1. The summed E-state index contributed by atoms with van der Waals surface area (Å²) >= 11 is 1.25. The molecule has 0 bridgehead atoms. The summed E-state index contributed by atoms with van der Waals surface area (Å²) in [6.45, 7) is 0.971. The minimum absolute atomic E-state index is 0.0402. The number of halogens is 4. The molecule has 1 N–H and O–H groups in total. The summed E-state index contributed by atoms with van der Waals surface area (Å²) in [6.07, 6.45) is -1.97. The number of ether oxygens (including phenoxy) is 1. The van der Waals surface area contributed by atoms with E-state index < -0.39 is 28.9 Å². The molecule has 11 heteroatoms. The van der Waals surface area contributed by atoms with Gasteiger partial charge in [-0.3, -0.25) is 9.62 Å². The van der Waals surface area contributed by atoms with Crippen molar-refractivity contribution in [2.24, 2.45) is 5.92 Å². The van der Waals surface area contributed by atoms with Crippen LogP contribution in [0.2, 0.25) is 0 Å². The van der Waals surface area contributed by atoms with Gasteiger partial charge in [0.05, 0.1) is 17.4 Å². The van der Waals surface area contributed by atoms with Gasteiger partial charge in [0.1, 0.15) is 11.6 Å². The summed E-state index contributed by atoms with van der Waals surface area (Å²) in [5.74, 6) is -1.51. The van der Waals surface area contributed by atoms with Gasteiger partial charge in [0.15, 0.2) is 16.1 Å². The lowest BCUT2D eigenvalue weighted by molar-refractivity contribution is -0.186. The Morgan fingerprint density at radius 2 is 2.00 bits per heavy atom. The highest BCUT2D eigenvalue weighted by atomic mass is 32.2. The van der Waals surface area contributed by atoms with Crippen LogP contribution in [0.4, 0.5) is 22.7 Å². The molecule has 4 rings (SSSR count). The minimum atomic E-state index is -4.17. The lowest BCUT2D eigenvalue weighted by Gasteiger charge is -2.40. The molecule has 1 saturated heterocycles. The first-order valence-corrected chi connectivity index (χ1v) is 11.2. The topological polar surface area (TPSA) is 54.5 Å². The Labute approximate surface area is 171 Å². The summed E-state index contributed by atoms with van der Waals surface area (Å²) in [4.78, 5) is 5.89. The molecule has 0 spiro atoms. The van der Waals surface area contributed by atoms with Crippen LogP contribution in [-0.2, 0) is 11.0 Å². The Morgan fingerprint density at radius 1 is 1.24 bits per heavy atom. The monoisotopic (exact) mass is 449 g/mol. The van der Waals surface area contributed by atoms with Gasteiger partial charge in [-0.25, -0.2) is 13.6 Å². The molecular formula is C18H19F4N3O2S2. The molecule has 3 heterocycles. The number of fused-ring (bicyclic) bond motifs is 1. The Morgan fingerprint density at radius 3 is 2.66 bits per heavy atom. The first-order chi connectivity index (χ1) is 13.8. The lowest BCUT2D eigenvalue weighted by atomic mass is 9.92. The number of nitrogens with one attached hydrogen (secondary N) is 1. The van der Waals surface area contributed by atoms with Gasteiger partial charge in [0.25, 0.3) is 0 Å². The van der Waals surface area contributed by atoms with Crippen molar-refractivity contribution in [3.8, 4) is 5.75 Å². The number of hydrogen-bond acceptors (Lipinski definition) is 5. The lowest BCUT2D eigenvalue weighted by Crippen LogP contribution is -2.42. The van der Waals surface area contributed by atoms with Gasteiger partial charge in [-0.15, -0.1) is 11.3 Å². The van der Waals surface area contributed by atoms with E-state index in [-0.39, 0.29) is 23.8 Å². The number of benzene rings is 1. The van der Waals surface area contributed by atoms with Gasteiger partial charge in [0.2, 0.25) is 0 Å². The maximum Gasteiger partial charge on any atom is 0.391 e. The van der Waals surface area contributed by atoms with Crippen LogP contribution < -0.4 is 9.46 Å². The van der Waals surface area contributed by atoms with E-state index in [4.69, 9.17) is 4.74 Å². The summed E-state index contributed by atoms with van der Waals surface area (Å²) in [5, 5.41) is 2.12. The third-order valence-corrected chi connectivity index (χ3v) is 7.23. The number of thiazole rings is 1. The number of anilines is 1. The normalized spacial score (nSPS) is 22.0. The fourth-order valence-corrected chi connectivity index (χ4v) is 5.40. The Kier molecular flexibility index (Phi) is 5.80. The van der Waals surface area contributed by atoms with E-state index in [9.17, 15) is 21.8 Å². The zero-order valence-electron chi connectivity index (χ0n) is 15.2. The fourth-order valence-electron chi connectivity index (χ4n) is 3.84. The molecule has 2 aromatic rings. The largest absolute Gasteiger partial charge is 0.493 e. The van der Waals surface area contributed by atoms with Crippen molar-refractivity contribution in [1.29, 1.82) is 0 Å². The van der Waals surface area contributed by atoms with Gasteiger partial charge < -0.3 is 4.74 Å². The van der Waals surface area contributed by atoms with Crippen molar-refractivity contribution in [2.45, 2.75) is 36.4 Å². The zero-order chi connectivity index (χ0) is 20.6. The van der Waals surface area contributed by atoms with Crippen molar-refractivity contribution < 1.29 is 26.5 Å². The van der Waals surface area contributed by atoms with Gasteiger partial charge >= 0.3 is 6.18 Å². The van der Waals surface area contributed by atoms with Crippen LogP contribution in [0.25, 0.3) is 0 Å². The van der Waals surface area contributed by atoms with Crippen LogP contribution in [0.1, 0.15) is 30.9 Å². The number of rotatable bonds is 4. The van der Waals surface area contributed by atoms with Crippen LogP contribution >= 0.6 is 11.3 Å². The molecule has 0 radical (unpaired) electrons. The molecule has 1 aromatic heterocycles. The summed E-state index contributed by atoms with van der Waals surface area (Å²) in [7, 11) is -1.85. The van der Waals surface area contributed by atoms with E-state index in [2.05, 4.69) is 9.71 Å². The molecule has 2 atom stereocenters. The van der Waals surface area contributed by atoms with Crippen molar-refractivity contribution >= 4 is 27.5 Å². The molecule has 29 heavy (non-hydrogen) atoms. The van der Waals surface area contributed by atoms with Crippen LogP contribution in [-0.4, -0.2) is 40.0 Å². The predicted octanol–water partition coefficient (Wildman–Crippen LogP) is 4.51. The maximum absolute atomic E-state index is 14.7. The molecule has 0 amide bonds. The SMILES string of the molecule is O=S(Nc1nccs1)c1cc2c(cc1F)[C@@H](N1CCC(C(F)(F)F)CC1)CCO2. The van der Waals surface area contributed by atoms with Crippen LogP contribution in [0.15, 0.2) is 28.6 Å². The van der Waals surface area contributed by atoms with Crippen molar-refractivity contribution in [3.63, 3.8) is 0 Å². The molecule has 1 fully saturated rings. The van der Waals surface area contributed by atoms with Gasteiger partial charge in [0, 0.05) is 35.7 Å². The average Bonchev–Trinajstić information content (AvgIpc) is 3.19. The second kappa shape index (κ2) is 8.19. The van der Waals surface area contributed by atoms with Crippen molar-refractivity contribution in [3.05, 3.63) is 35.1 Å². The van der Waals surface area contributed by atoms with Gasteiger partial charge in [-0.2, -0.15) is 13.2 Å². The van der Waals surface area contributed by atoms with Gasteiger partial charge in [-0.1, -0.05) is 0 Å². The molecule has 2 aliphatic heterocycles. The van der Waals surface area contributed by atoms with Crippen LogP contribution in [0, 0.1) is 11.7 Å². The number of piperidine rings is 1. The number of aromatic nitrogens is 1. The highest BCUT2D eigenvalue weighted by Crippen LogP contribution is 2.42. The van der Waals surface area contributed by atoms with E-state index in [1.165, 1.54) is 23.5 Å². The van der Waals surface area contributed by atoms with Crippen LogP contribution in [0.3, 0.4) is 0 Å². The first-order valence-electron chi connectivity index (χ1n) is 9.18.